The number of methoxy groups -OCH3 is 1. The zero-order valence-electron chi connectivity index (χ0n) is 17.0. The Hall–Kier alpha value is -3.04. The van der Waals surface area contributed by atoms with Crippen LogP contribution in [0.2, 0.25) is 5.02 Å². The lowest BCUT2D eigenvalue weighted by Crippen LogP contribution is -2.15. The molecule has 10 heteroatoms. The standard InChI is InChI=1S/C21H21ClN4O4S/c1-3-26-18(12-30-17-7-5-4-6-16(17)22)24-25-21(26)31-13-19(27)23-15-10-8-14(9-11-15)20(28)29-2/h4-11H,3,12-13H2,1-2H3,(H,23,27). The monoisotopic (exact) mass is 460 g/mol. The van der Waals surface area contributed by atoms with Gasteiger partial charge < -0.3 is 19.4 Å². The molecule has 1 N–H and O–H groups in total. The Bertz CT molecular complexity index is 1060. The molecular formula is C21H21ClN4O4S. The van der Waals surface area contributed by atoms with Gasteiger partial charge in [-0.15, -0.1) is 10.2 Å². The maximum absolute atomic E-state index is 12.3. The Labute approximate surface area is 188 Å². The summed E-state index contributed by atoms with van der Waals surface area (Å²) in [4.78, 5) is 23.8. The molecule has 0 bridgehead atoms. The molecule has 1 heterocycles. The number of rotatable bonds is 9. The maximum atomic E-state index is 12.3. The third-order valence-corrected chi connectivity index (χ3v) is 5.50. The van der Waals surface area contributed by atoms with Crippen LogP contribution in [0, 0.1) is 0 Å². The Kier molecular flexibility index (Phi) is 7.91. The van der Waals surface area contributed by atoms with Crippen molar-refractivity contribution >= 4 is 40.9 Å². The van der Waals surface area contributed by atoms with Crippen molar-refractivity contribution in [1.82, 2.24) is 14.8 Å². The molecule has 31 heavy (non-hydrogen) atoms. The molecule has 0 aliphatic heterocycles. The third-order valence-electron chi connectivity index (χ3n) is 4.23. The first-order chi connectivity index (χ1) is 15.0. The largest absolute Gasteiger partial charge is 0.484 e. The van der Waals surface area contributed by atoms with Gasteiger partial charge in [0.2, 0.25) is 5.91 Å². The molecule has 0 fully saturated rings. The highest BCUT2D eigenvalue weighted by molar-refractivity contribution is 7.99. The van der Waals surface area contributed by atoms with E-state index in [-0.39, 0.29) is 18.3 Å². The summed E-state index contributed by atoms with van der Waals surface area (Å²) in [5, 5.41) is 12.3. The van der Waals surface area contributed by atoms with E-state index in [0.29, 0.717) is 39.5 Å². The first-order valence-corrected chi connectivity index (χ1v) is 10.8. The number of thioether (sulfide) groups is 1. The van der Waals surface area contributed by atoms with Crippen molar-refractivity contribution in [3.63, 3.8) is 0 Å². The van der Waals surface area contributed by atoms with Gasteiger partial charge in [-0.2, -0.15) is 0 Å². The second kappa shape index (κ2) is 10.8. The van der Waals surface area contributed by atoms with E-state index >= 15 is 0 Å². The number of amides is 1. The molecule has 1 aromatic heterocycles. The van der Waals surface area contributed by atoms with Gasteiger partial charge >= 0.3 is 5.97 Å². The summed E-state index contributed by atoms with van der Waals surface area (Å²) in [5.74, 6) is 0.741. The fourth-order valence-corrected chi connectivity index (χ4v) is 3.70. The molecule has 1 amide bonds. The van der Waals surface area contributed by atoms with Crippen LogP contribution in [0.1, 0.15) is 23.1 Å². The van der Waals surface area contributed by atoms with Gasteiger partial charge in [-0.25, -0.2) is 4.79 Å². The molecule has 0 unspecified atom stereocenters. The van der Waals surface area contributed by atoms with E-state index < -0.39 is 5.97 Å². The summed E-state index contributed by atoms with van der Waals surface area (Å²) in [6.07, 6.45) is 0. The topological polar surface area (TPSA) is 95.3 Å². The number of hydrogen-bond acceptors (Lipinski definition) is 7. The minimum atomic E-state index is -0.429. The van der Waals surface area contributed by atoms with E-state index in [1.165, 1.54) is 18.9 Å². The van der Waals surface area contributed by atoms with Crippen LogP contribution in [0.5, 0.6) is 5.75 Å². The minimum absolute atomic E-state index is 0.155. The van der Waals surface area contributed by atoms with Gasteiger partial charge in [-0.1, -0.05) is 35.5 Å². The number of nitrogens with one attached hydrogen (secondary N) is 1. The number of benzene rings is 2. The molecule has 3 aromatic rings. The van der Waals surface area contributed by atoms with E-state index in [1.807, 2.05) is 23.6 Å². The van der Waals surface area contributed by atoms with Gasteiger partial charge in [-0.05, 0) is 43.3 Å². The fourth-order valence-electron chi connectivity index (χ4n) is 2.69. The zero-order chi connectivity index (χ0) is 22.2. The van der Waals surface area contributed by atoms with Gasteiger partial charge in [0.1, 0.15) is 12.4 Å². The molecule has 162 valence electrons. The van der Waals surface area contributed by atoms with Gasteiger partial charge in [0.15, 0.2) is 11.0 Å². The lowest BCUT2D eigenvalue weighted by atomic mass is 10.2. The molecule has 0 aliphatic carbocycles. The van der Waals surface area contributed by atoms with Crippen LogP contribution in [0.3, 0.4) is 0 Å². The summed E-state index contributed by atoms with van der Waals surface area (Å²) in [5.41, 5.74) is 1.00. The summed E-state index contributed by atoms with van der Waals surface area (Å²) in [6.45, 7) is 2.81. The molecule has 0 saturated heterocycles. The van der Waals surface area contributed by atoms with Crippen LogP contribution in [0.15, 0.2) is 53.7 Å². The summed E-state index contributed by atoms with van der Waals surface area (Å²) >= 11 is 7.39. The number of nitrogens with zero attached hydrogens (tertiary/aromatic N) is 3. The van der Waals surface area contributed by atoms with Crippen LogP contribution in [-0.2, 0) is 22.7 Å². The Morgan fingerprint density at radius 1 is 1.13 bits per heavy atom. The van der Waals surface area contributed by atoms with Crippen molar-refractivity contribution in [3.8, 4) is 5.75 Å². The average Bonchev–Trinajstić information content (AvgIpc) is 3.19. The normalized spacial score (nSPS) is 10.5. The summed E-state index contributed by atoms with van der Waals surface area (Å²) in [6, 6.07) is 13.7. The number of anilines is 1. The van der Waals surface area contributed by atoms with Crippen molar-refractivity contribution in [2.75, 3.05) is 18.2 Å². The molecular weight excluding hydrogens is 440 g/mol. The lowest BCUT2D eigenvalue weighted by Gasteiger charge is -2.10. The predicted molar refractivity (Wildman–Crippen MR) is 119 cm³/mol. The van der Waals surface area contributed by atoms with Crippen molar-refractivity contribution < 1.29 is 19.1 Å². The third kappa shape index (κ3) is 5.99. The maximum Gasteiger partial charge on any atom is 0.337 e. The molecule has 0 saturated carbocycles. The zero-order valence-corrected chi connectivity index (χ0v) is 18.6. The van der Waals surface area contributed by atoms with E-state index in [9.17, 15) is 9.59 Å². The first-order valence-electron chi connectivity index (χ1n) is 9.42. The van der Waals surface area contributed by atoms with Crippen molar-refractivity contribution in [3.05, 3.63) is 64.9 Å². The van der Waals surface area contributed by atoms with E-state index in [1.54, 1.807) is 36.4 Å². The number of carbonyl (C=O) groups excluding carboxylic acids is 2. The van der Waals surface area contributed by atoms with Crippen LogP contribution in [-0.4, -0.2) is 39.5 Å². The predicted octanol–water partition coefficient (Wildman–Crippen LogP) is 4.05. The molecule has 0 spiro atoms. The Morgan fingerprint density at radius 2 is 1.87 bits per heavy atom. The van der Waals surface area contributed by atoms with Crippen LogP contribution >= 0.6 is 23.4 Å². The van der Waals surface area contributed by atoms with Crippen molar-refractivity contribution in [2.24, 2.45) is 0 Å². The van der Waals surface area contributed by atoms with Crippen molar-refractivity contribution in [1.29, 1.82) is 0 Å². The second-order valence-electron chi connectivity index (χ2n) is 6.27. The number of aromatic nitrogens is 3. The molecule has 0 aliphatic rings. The SMILES string of the molecule is CCn1c(COc2ccccc2Cl)nnc1SCC(=O)Nc1ccc(C(=O)OC)cc1. The second-order valence-corrected chi connectivity index (χ2v) is 7.62. The number of carbonyl (C=O) groups is 2. The van der Waals surface area contributed by atoms with Gasteiger partial charge in [0.25, 0.3) is 0 Å². The molecule has 0 radical (unpaired) electrons. The van der Waals surface area contributed by atoms with Crippen LogP contribution in [0.25, 0.3) is 0 Å². The van der Waals surface area contributed by atoms with Gasteiger partial charge in [0, 0.05) is 12.2 Å². The highest BCUT2D eigenvalue weighted by Gasteiger charge is 2.14. The Balaban J connectivity index is 1.55. The highest BCUT2D eigenvalue weighted by Crippen LogP contribution is 2.25. The molecule has 8 nitrogen and oxygen atoms in total. The lowest BCUT2D eigenvalue weighted by molar-refractivity contribution is -0.113. The first kappa shape index (κ1) is 22.6. The average molecular weight is 461 g/mol. The fraction of sp³-hybridized carbons (Fsp3) is 0.238. The smallest absolute Gasteiger partial charge is 0.337 e. The number of esters is 1. The summed E-state index contributed by atoms with van der Waals surface area (Å²) in [7, 11) is 1.32. The van der Waals surface area contributed by atoms with Crippen LogP contribution in [0.4, 0.5) is 5.69 Å². The van der Waals surface area contributed by atoms with E-state index in [2.05, 4.69) is 20.3 Å². The highest BCUT2D eigenvalue weighted by atomic mass is 35.5. The molecule has 3 rings (SSSR count). The number of hydrogen-bond donors (Lipinski definition) is 1. The quantitative estimate of drug-likeness (QED) is 0.380. The number of para-hydroxylation sites is 1. The molecule has 0 atom stereocenters. The number of halogens is 1. The Morgan fingerprint density at radius 3 is 2.55 bits per heavy atom. The molecule has 2 aromatic carbocycles. The van der Waals surface area contributed by atoms with Gasteiger partial charge in [0.05, 0.1) is 23.4 Å². The number of ether oxygens (including phenoxy) is 2. The summed E-state index contributed by atoms with van der Waals surface area (Å²) < 4.78 is 12.3. The van der Waals surface area contributed by atoms with Crippen molar-refractivity contribution in [2.45, 2.75) is 25.2 Å². The van der Waals surface area contributed by atoms with Crippen LogP contribution < -0.4 is 10.1 Å². The van der Waals surface area contributed by atoms with E-state index in [4.69, 9.17) is 16.3 Å². The minimum Gasteiger partial charge on any atom is -0.484 e. The van der Waals surface area contributed by atoms with Gasteiger partial charge in [-0.3, -0.25) is 4.79 Å². The van der Waals surface area contributed by atoms with E-state index in [0.717, 1.165) is 0 Å².